The average Bonchev–Trinajstić information content (AvgIpc) is 2.79. The van der Waals surface area contributed by atoms with E-state index >= 15 is 0 Å². The summed E-state index contributed by atoms with van der Waals surface area (Å²) in [7, 11) is 0. The smallest absolute Gasteiger partial charge is 0.108 e. The molecule has 3 rings (SSSR count). The molecule has 8 atom stereocenters. The van der Waals surface area contributed by atoms with E-state index in [0.717, 1.165) is 12.8 Å². The minimum Gasteiger partial charge on any atom is -0.150 e. The van der Waals surface area contributed by atoms with Crippen LogP contribution in [0.15, 0.2) is 5.18 Å². The first-order chi connectivity index (χ1) is 7.15. The summed E-state index contributed by atoms with van der Waals surface area (Å²) in [5.41, 5.74) is 0. The maximum atomic E-state index is 10.8. The van der Waals surface area contributed by atoms with E-state index in [1.54, 1.807) is 0 Å². The van der Waals surface area contributed by atoms with Gasteiger partial charge >= 0.3 is 0 Å². The number of fused-ring (bicyclic) bond motifs is 5. The van der Waals surface area contributed by atoms with E-state index in [2.05, 4.69) is 21.1 Å². The number of nitroso groups, excluding NO2 is 1. The molecule has 3 fully saturated rings. The van der Waals surface area contributed by atoms with Gasteiger partial charge in [0.15, 0.2) is 0 Å². The number of nitrogens with zero attached hydrogens (tertiary/aromatic N) is 1. The Morgan fingerprint density at radius 2 is 1.87 bits per heavy atom. The third kappa shape index (κ3) is 1.29. The third-order valence-electron chi connectivity index (χ3n) is 4.59. The summed E-state index contributed by atoms with van der Waals surface area (Å²) in [5.74, 6) is 1.97. The van der Waals surface area contributed by atoms with Crippen LogP contribution >= 0.6 is 39.1 Å². The summed E-state index contributed by atoms with van der Waals surface area (Å²) >= 11 is 16.2. The van der Waals surface area contributed by atoms with Gasteiger partial charge in [-0.1, -0.05) is 21.1 Å². The predicted octanol–water partition coefficient (Wildman–Crippen LogP) is 3.39. The molecule has 0 aliphatic heterocycles. The molecule has 2 nitrogen and oxygen atoms in total. The lowest BCUT2D eigenvalue weighted by Crippen LogP contribution is -2.38. The highest BCUT2D eigenvalue weighted by molar-refractivity contribution is 9.09. The van der Waals surface area contributed by atoms with Gasteiger partial charge in [0.25, 0.3) is 0 Å². The van der Waals surface area contributed by atoms with E-state index in [-0.39, 0.29) is 21.6 Å². The lowest BCUT2D eigenvalue weighted by molar-refractivity contribution is 0.245. The van der Waals surface area contributed by atoms with Crippen LogP contribution in [0.4, 0.5) is 0 Å². The zero-order valence-electron chi connectivity index (χ0n) is 8.02. The molecule has 0 saturated heterocycles. The largest absolute Gasteiger partial charge is 0.150 e. The topological polar surface area (TPSA) is 29.4 Å². The highest BCUT2D eigenvalue weighted by atomic mass is 79.9. The molecule has 0 heterocycles. The number of rotatable bonds is 1. The molecule has 3 aliphatic rings. The Labute approximate surface area is 107 Å². The molecule has 5 heteroatoms. The minimum absolute atomic E-state index is 0.0379. The van der Waals surface area contributed by atoms with Crippen LogP contribution in [-0.4, -0.2) is 21.6 Å². The standard InChI is InChI=1S/C10H12BrCl2NO/c11-8-4-1-5(10(8)14-15)7-3(4)2-6(12)9(7)13/h3-10H,1-2H2/t3-,4+,5-,6+,7+,8-,9+,10+/m1/s1. The van der Waals surface area contributed by atoms with Crippen LogP contribution in [0.1, 0.15) is 12.8 Å². The van der Waals surface area contributed by atoms with Crippen LogP contribution in [0.2, 0.25) is 0 Å². The lowest BCUT2D eigenvalue weighted by Gasteiger charge is -2.32. The van der Waals surface area contributed by atoms with Crippen LogP contribution in [-0.2, 0) is 0 Å². The fraction of sp³-hybridized carbons (Fsp3) is 1.00. The van der Waals surface area contributed by atoms with E-state index in [0.29, 0.717) is 23.7 Å². The van der Waals surface area contributed by atoms with Gasteiger partial charge in [0.2, 0.25) is 0 Å². The van der Waals surface area contributed by atoms with Gasteiger partial charge in [-0.2, -0.15) is 4.91 Å². The summed E-state index contributed by atoms with van der Waals surface area (Å²) in [6.45, 7) is 0. The molecular weight excluding hydrogens is 301 g/mol. The summed E-state index contributed by atoms with van der Waals surface area (Å²) < 4.78 is 0. The molecule has 0 amide bonds. The first kappa shape index (κ1) is 10.8. The second-order valence-electron chi connectivity index (χ2n) is 5.04. The number of halogens is 3. The second kappa shape index (κ2) is 3.58. The Kier molecular flexibility index (Phi) is 2.57. The first-order valence-corrected chi connectivity index (χ1v) is 7.18. The highest BCUT2D eigenvalue weighted by Crippen LogP contribution is 2.63. The number of hydrogen-bond donors (Lipinski definition) is 0. The van der Waals surface area contributed by atoms with Crippen molar-refractivity contribution in [2.75, 3.05) is 0 Å². The van der Waals surface area contributed by atoms with Crippen LogP contribution in [0.5, 0.6) is 0 Å². The Balaban J connectivity index is 1.92. The van der Waals surface area contributed by atoms with Crippen molar-refractivity contribution in [2.45, 2.75) is 34.5 Å². The molecule has 3 saturated carbocycles. The van der Waals surface area contributed by atoms with E-state index in [1.807, 2.05) is 0 Å². The zero-order valence-corrected chi connectivity index (χ0v) is 11.1. The summed E-state index contributed by atoms with van der Waals surface area (Å²) in [4.78, 5) is 11.1. The van der Waals surface area contributed by atoms with Gasteiger partial charge in [-0.15, -0.1) is 23.2 Å². The number of alkyl halides is 3. The van der Waals surface area contributed by atoms with Crippen LogP contribution in [0, 0.1) is 28.6 Å². The maximum Gasteiger partial charge on any atom is 0.108 e. The van der Waals surface area contributed by atoms with Gasteiger partial charge in [0, 0.05) is 4.83 Å². The normalized spacial score (nSPS) is 62.1. The summed E-state index contributed by atoms with van der Waals surface area (Å²) in [6.07, 6.45) is 2.11. The summed E-state index contributed by atoms with van der Waals surface area (Å²) in [6, 6.07) is -0.0838. The first-order valence-electron chi connectivity index (χ1n) is 5.40. The van der Waals surface area contributed by atoms with Gasteiger partial charge in [-0.3, -0.25) is 0 Å². The van der Waals surface area contributed by atoms with Crippen LogP contribution in [0.25, 0.3) is 0 Å². The van der Waals surface area contributed by atoms with E-state index in [9.17, 15) is 4.91 Å². The third-order valence-corrected chi connectivity index (χ3v) is 6.98. The molecule has 0 spiro atoms. The fourth-order valence-electron chi connectivity index (χ4n) is 4.04. The molecule has 15 heavy (non-hydrogen) atoms. The Morgan fingerprint density at radius 3 is 2.53 bits per heavy atom. The molecule has 0 N–H and O–H groups in total. The Morgan fingerprint density at radius 1 is 1.13 bits per heavy atom. The van der Waals surface area contributed by atoms with Crippen molar-refractivity contribution in [3.8, 4) is 0 Å². The van der Waals surface area contributed by atoms with Crippen molar-refractivity contribution in [3.63, 3.8) is 0 Å². The lowest BCUT2D eigenvalue weighted by atomic mass is 9.79. The van der Waals surface area contributed by atoms with Gasteiger partial charge in [-0.05, 0) is 36.5 Å². The van der Waals surface area contributed by atoms with Gasteiger partial charge in [0.05, 0.1) is 10.8 Å². The fourth-order valence-corrected chi connectivity index (χ4v) is 5.99. The second-order valence-corrected chi connectivity index (χ2v) is 7.16. The van der Waals surface area contributed by atoms with Crippen molar-refractivity contribution in [1.29, 1.82) is 0 Å². The van der Waals surface area contributed by atoms with E-state index in [4.69, 9.17) is 23.2 Å². The van der Waals surface area contributed by atoms with Crippen molar-refractivity contribution in [1.82, 2.24) is 0 Å². The maximum absolute atomic E-state index is 10.8. The molecule has 0 aromatic heterocycles. The van der Waals surface area contributed by atoms with Gasteiger partial charge in [-0.25, -0.2) is 0 Å². The highest BCUT2D eigenvalue weighted by Gasteiger charge is 2.63. The Bertz CT molecular complexity index is 303. The number of hydrogen-bond acceptors (Lipinski definition) is 2. The molecule has 0 aromatic carbocycles. The molecule has 2 bridgehead atoms. The van der Waals surface area contributed by atoms with Crippen molar-refractivity contribution >= 4 is 39.1 Å². The molecule has 0 aromatic rings. The monoisotopic (exact) mass is 311 g/mol. The molecule has 3 aliphatic carbocycles. The quantitative estimate of drug-likeness (QED) is 0.539. The average molecular weight is 313 g/mol. The predicted molar refractivity (Wildman–Crippen MR) is 64.8 cm³/mol. The van der Waals surface area contributed by atoms with Crippen molar-refractivity contribution < 1.29 is 0 Å². The van der Waals surface area contributed by atoms with E-state index < -0.39 is 0 Å². The minimum atomic E-state index is -0.0838. The van der Waals surface area contributed by atoms with Crippen LogP contribution < -0.4 is 0 Å². The van der Waals surface area contributed by atoms with Gasteiger partial charge in [0.1, 0.15) is 6.04 Å². The van der Waals surface area contributed by atoms with Crippen LogP contribution in [0.3, 0.4) is 0 Å². The Hall–Kier alpha value is 0.660. The van der Waals surface area contributed by atoms with Crippen molar-refractivity contribution in [2.24, 2.45) is 28.8 Å². The SMILES string of the molecule is O=N[C@@H]1[C@H](Br)[C@H]2C[C@@H]1[C@H]1[C@@H](Cl)[C@@H](Cl)C[C@H]21. The summed E-state index contributed by atoms with van der Waals surface area (Å²) in [5, 5.41) is 3.39. The zero-order chi connectivity index (χ0) is 10.7. The molecule has 84 valence electrons. The molecular formula is C10H12BrCl2NO. The van der Waals surface area contributed by atoms with Gasteiger partial charge < -0.3 is 0 Å². The van der Waals surface area contributed by atoms with E-state index in [1.165, 1.54) is 0 Å². The molecule has 0 unspecified atom stereocenters. The molecule has 0 radical (unpaired) electrons. The van der Waals surface area contributed by atoms with Crippen molar-refractivity contribution in [3.05, 3.63) is 4.91 Å².